The van der Waals surface area contributed by atoms with Crippen LogP contribution in [-0.2, 0) is 4.79 Å². The van der Waals surface area contributed by atoms with Crippen LogP contribution in [0.4, 0.5) is 4.39 Å². The fraction of sp³-hybridized carbons (Fsp3) is 0.467. The molecule has 2 amide bonds. The van der Waals surface area contributed by atoms with Gasteiger partial charge in [0.05, 0.1) is 12.6 Å². The van der Waals surface area contributed by atoms with E-state index in [1.165, 1.54) is 12.1 Å². The lowest BCUT2D eigenvalue weighted by molar-refractivity contribution is -0.133. The maximum Gasteiger partial charge on any atom is 0.275 e. The zero-order valence-corrected chi connectivity index (χ0v) is 23.6. The summed E-state index contributed by atoms with van der Waals surface area (Å²) in [6.45, 7) is 9.15. The highest BCUT2D eigenvalue weighted by Gasteiger charge is 2.52. The van der Waals surface area contributed by atoms with Gasteiger partial charge in [-0.3, -0.25) is 20.0 Å². The third kappa shape index (κ3) is 5.45. The summed E-state index contributed by atoms with van der Waals surface area (Å²) in [6, 6.07) is 13.2. The molecule has 0 radical (unpaired) electrons. The first-order valence-corrected chi connectivity index (χ1v) is 14.0. The molecule has 5 rings (SSSR count). The van der Waals surface area contributed by atoms with Crippen LogP contribution < -0.4 is 21.8 Å². The van der Waals surface area contributed by atoms with Gasteiger partial charge >= 0.3 is 0 Å². The first-order chi connectivity index (χ1) is 19.1. The molecule has 0 unspecified atom stereocenters. The monoisotopic (exact) mass is 547 g/mol. The van der Waals surface area contributed by atoms with Crippen LogP contribution in [0.25, 0.3) is 0 Å². The highest BCUT2D eigenvalue weighted by Crippen LogP contribution is 2.49. The van der Waals surface area contributed by atoms with E-state index >= 15 is 0 Å². The number of rotatable bonds is 7. The normalized spacial score (nSPS) is 23.4. The summed E-state index contributed by atoms with van der Waals surface area (Å²) in [5, 5.41) is 6.79. The smallest absolute Gasteiger partial charge is 0.275 e. The Kier molecular flexibility index (Phi) is 7.63. The third-order valence-corrected chi connectivity index (χ3v) is 8.44. The van der Waals surface area contributed by atoms with Crippen molar-refractivity contribution in [1.29, 1.82) is 0 Å². The lowest BCUT2D eigenvalue weighted by Gasteiger charge is -2.47. The lowest BCUT2D eigenvalue weighted by Crippen LogP contribution is -2.51. The van der Waals surface area contributed by atoms with E-state index < -0.39 is 5.66 Å². The number of carbonyl (C=O) groups excluding carboxylic acids is 2. The molecule has 1 atom stereocenters. The van der Waals surface area contributed by atoms with Crippen molar-refractivity contribution in [3.05, 3.63) is 71.0 Å². The molecule has 2 aliphatic heterocycles. The van der Waals surface area contributed by atoms with Gasteiger partial charge in [0.1, 0.15) is 17.2 Å². The Bertz CT molecular complexity index is 1310. The standard InChI is InChI=1S/C30H38FN7O2/c1-5-24(19-6-8-21(9-7-19)27(39)32-18-25-34-36-37-35-25)38-28(40)26(20-10-12-23(31)13-11-20)33-30(38)16-14-22(15-17-30)29(2,3)4/h6-13,22,24,36-37H,5,14-18H2,1-4H3,(H,32,39)(H,34,35)/t22?,24-,30?/m1/s1. The molecule has 1 spiro atoms. The first kappa shape index (κ1) is 27.8. The van der Waals surface area contributed by atoms with Crippen LogP contribution in [0.2, 0.25) is 0 Å². The fourth-order valence-electron chi connectivity index (χ4n) is 6.14. The van der Waals surface area contributed by atoms with Gasteiger partial charge in [-0.25, -0.2) is 9.93 Å². The molecule has 0 saturated heterocycles. The van der Waals surface area contributed by atoms with Crippen LogP contribution in [0.5, 0.6) is 0 Å². The Morgan fingerprint density at radius 1 is 1.12 bits per heavy atom. The Labute approximate surface area is 234 Å². The zero-order chi connectivity index (χ0) is 28.5. The zero-order valence-electron chi connectivity index (χ0n) is 23.6. The Balaban J connectivity index is 1.41. The van der Waals surface area contributed by atoms with Crippen LogP contribution in [-0.4, -0.2) is 40.5 Å². The molecule has 2 heterocycles. The van der Waals surface area contributed by atoms with Gasteiger partial charge in [-0.1, -0.05) is 39.8 Å². The molecule has 2 aromatic carbocycles. The minimum Gasteiger partial charge on any atom is -0.345 e. The molecule has 0 aromatic heterocycles. The van der Waals surface area contributed by atoms with E-state index in [1.807, 2.05) is 17.0 Å². The average molecular weight is 548 g/mol. The molecule has 1 fully saturated rings. The highest BCUT2D eigenvalue weighted by molar-refractivity contribution is 6.46. The van der Waals surface area contributed by atoms with Crippen LogP contribution in [0.15, 0.2) is 58.6 Å². The van der Waals surface area contributed by atoms with Crippen LogP contribution >= 0.6 is 0 Å². The summed E-state index contributed by atoms with van der Waals surface area (Å²) in [5.41, 5.74) is 10.0. The van der Waals surface area contributed by atoms with Crippen molar-refractivity contribution >= 4 is 23.4 Å². The first-order valence-electron chi connectivity index (χ1n) is 14.0. The number of aliphatic imine (C=N–C) groups is 1. The Morgan fingerprint density at radius 2 is 1.80 bits per heavy atom. The second kappa shape index (κ2) is 11.0. The van der Waals surface area contributed by atoms with Gasteiger partial charge in [-0.05, 0) is 85.4 Å². The van der Waals surface area contributed by atoms with Crippen molar-refractivity contribution in [2.24, 2.45) is 21.4 Å². The summed E-state index contributed by atoms with van der Waals surface area (Å²) in [7, 11) is 0. The van der Waals surface area contributed by atoms with E-state index in [-0.39, 0.29) is 35.6 Å². The molecule has 0 bridgehead atoms. The summed E-state index contributed by atoms with van der Waals surface area (Å²) in [5.74, 6) is 0.444. The van der Waals surface area contributed by atoms with Crippen molar-refractivity contribution in [3.8, 4) is 0 Å². The van der Waals surface area contributed by atoms with E-state index in [0.29, 0.717) is 35.0 Å². The van der Waals surface area contributed by atoms with Crippen LogP contribution in [0.1, 0.15) is 87.3 Å². The maximum atomic E-state index is 14.1. The quantitative estimate of drug-likeness (QED) is 0.416. The maximum absolute atomic E-state index is 14.1. The van der Waals surface area contributed by atoms with E-state index in [2.05, 4.69) is 54.6 Å². The number of benzene rings is 2. The second-order valence-electron chi connectivity index (χ2n) is 11.9. The number of carbonyl (C=O) groups is 2. The van der Waals surface area contributed by atoms with Gasteiger partial charge in [0.2, 0.25) is 0 Å². The number of halogens is 1. The summed E-state index contributed by atoms with van der Waals surface area (Å²) in [4.78, 5) is 33.9. The Hall–Kier alpha value is -3.79. The van der Waals surface area contributed by atoms with Crippen molar-refractivity contribution in [1.82, 2.24) is 26.7 Å². The SMILES string of the molecule is CC[C@H](c1ccc(C(=O)NCC2=NNNN2)cc1)N1C(=O)C(c2ccc(F)cc2)=NC12CCC(C(C)(C)C)CC2. The summed E-state index contributed by atoms with van der Waals surface area (Å²) in [6.07, 6.45) is 4.22. The molecular formula is C30H38FN7O2. The van der Waals surface area contributed by atoms with Crippen molar-refractivity contribution in [2.75, 3.05) is 6.54 Å². The molecule has 10 heteroatoms. The Morgan fingerprint density at radius 3 is 2.38 bits per heavy atom. The predicted molar refractivity (Wildman–Crippen MR) is 153 cm³/mol. The third-order valence-electron chi connectivity index (χ3n) is 8.44. The minimum atomic E-state index is -0.643. The number of hydrazine groups is 2. The van der Waals surface area contributed by atoms with Crippen molar-refractivity contribution in [2.45, 2.75) is 71.5 Å². The molecule has 4 N–H and O–H groups in total. The predicted octanol–water partition coefficient (Wildman–Crippen LogP) is 4.20. The highest BCUT2D eigenvalue weighted by atomic mass is 19.1. The number of amidine groups is 1. The average Bonchev–Trinajstić information content (AvgIpc) is 3.56. The largest absolute Gasteiger partial charge is 0.345 e. The van der Waals surface area contributed by atoms with E-state index in [9.17, 15) is 14.0 Å². The van der Waals surface area contributed by atoms with Gasteiger partial charge in [0, 0.05) is 11.1 Å². The summed E-state index contributed by atoms with van der Waals surface area (Å²) < 4.78 is 13.7. The number of hydrazone groups is 1. The summed E-state index contributed by atoms with van der Waals surface area (Å²) >= 11 is 0. The second-order valence-corrected chi connectivity index (χ2v) is 11.9. The van der Waals surface area contributed by atoms with E-state index in [1.54, 1.807) is 24.3 Å². The van der Waals surface area contributed by atoms with Gasteiger partial charge in [-0.15, -0.1) is 10.6 Å². The topological polar surface area (TPSA) is 110 Å². The molecule has 1 saturated carbocycles. The number of hydrogen-bond acceptors (Lipinski definition) is 7. The van der Waals surface area contributed by atoms with Gasteiger partial charge < -0.3 is 10.2 Å². The lowest BCUT2D eigenvalue weighted by atomic mass is 9.69. The number of amides is 2. The molecule has 9 nitrogen and oxygen atoms in total. The number of nitrogens with zero attached hydrogens (tertiary/aromatic N) is 3. The van der Waals surface area contributed by atoms with E-state index in [4.69, 9.17) is 4.99 Å². The van der Waals surface area contributed by atoms with Crippen molar-refractivity contribution < 1.29 is 14.0 Å². The van der Waals surface area contributed by atoms with Gasteiger partial charge in [0.15, 0.2) is 5.84 Å². The molecular weight excluding hydrogens is 509 g/mol. The van der Waals surface area contributed by atoms with Crippen LogP contribution in [0.3, 0.4) is 0 Å². The molecule has 1 aliphatic carbocycles. The molecule has 212 valence electrons. The number of nitrogens with one attached hydrogen (secondary N) is 4. The van der Waals surface area contributed by atoms with Crippen LogP contribution in [0, 0.1) is 17.2 Å². The van der Waals surface area contributed by atoms with Crippen molar-refractivity contribution in [3.63, 3.8) is 0 Å². The fourth-order valence-corrected chi connectivity index (χ4v) is 6.14. The minimum absolute atomic E-state index is 0.124. The number of hydrogen-bond donors (Lipinski definition) is 4. The van der Waals surface area contributed by atoms with Gasteiger partial charge in [0.25, 0.3) is 11.8 Å². The van der Waals surface area contributed by atoms with E-state index in [0.717, 1.165) is 31.2 Å². The van der Waals surface area contributed by atoms with Gasteiger partial charge in [-0.2, -0.15) is 0 Å². The molecule has 2 aromatic rings. The molecule has 40 heavy (non-hydrogen) atoms. The molecule has 3 aliphatic rings.